The molecule has 0 aliphatic heterocycles. The normalized spacial score (nSPS) is 10.6. The summed E-state index contributed by atoms with van der Waals surface area (Å²) in [5, 5.41) is 0. The van der Waals surface area contributed by atoms with Crippen LogP contribution in [0.5, 0.6) is 5.88 Å². The Morgan fingerprint density at radius 2 is 1.50 bits per heavy atom. The van der Waals surface area contributed by atoms with E-state index in [-0.39, 0.29) is 0 Å². The van der Waals surface area contributed by atoms with E-state index in [0.717, 1.165) is 16.7 Å². The van der Waals surface area contributed by atoms with Gasteiger partial charge in [0.15, 0.2) is 0 Å². The topological polar surface area (TPSA) is 31.2 Å². The lowest BCUT2D eigenvalue weighted by atomic mass is 10.0. The molecule has 3 aromatic rings. The van der Waals surface area contributed by atoms with Crippen molar-refractivity contribution < 1.29 is 9.53 Å². The number of hydrogen-bond acceptors (Lipinski definition) is 2. The van der Waals surface area contributed by atoms with Crippen molar-refractivity contribution in [1.29, 1.82) is 0 Å². The van der Waals surface area contributed by atoms with Crippen molar-refractivity contribution in [2.45, 2.75) is 27.3 Å². The molecule has 2 aromatic carbocycles. The van der Waals surface area contributed by atoms with Gasteiger partial charge in [-0.3, -0.25) is 4.79 Å². The summed E-state index contributed by atoms with van der Waals surface area (Å²) in [4.78, 5) is 11.0. The Balaban J connectivity index is 2.03. The summed E-state index contributed by atoms with van der Waals surface area (Å²) in [5.74, 6) is 0.590. The largest absolute Gasteiger partial charge is 0.411 e. The molecule has 0 spiro atoms. The number of rotatable bonds is 5. The van der Waals surface area contributed by atoms with Crippen LogP contribution in [-0.2, 0) is 11.3 Å². The lowest BCUT2D eigenvalue weighted by Gasteiger charge is -2.10. The van der Waals surface area contributed by atoms with Crippen LogP contribution in [0.15, 0.2) is 54.7 Å². The van der Waals surface area contributed by atoms with Crippen molar-refractivity contribution in [1.82, 2.24) is 4.57 Å². The number of hydrogen-bond donors (Lipinski definition) is 0. The Bertz CT molecular complexity index is 843. The van der Waals surface area contributed by atoms with Gasteiger partial charge in [0.2, 0.25) is 5.88 Å². The molecule has 3 rings (SSSR count). The SMILES string of the molecule is Cc1ccc(Cn2cc(C)c(-c3ccc(C)cc3)c2OC=O)cc1. The second-order valence-electron chi connectivity index (χ2n) is 6.19. The fourth-order valence-corrected chi connectivity index (χ4v) is 2.92. The maximum Gasteiger partial charge on any atom is 0.299 e. The lowest BCUT2D eigenvalue weighted by molar-refractivity contribution is -0.121. The minimum Gasteiger partial charge on any atom is -0.411 e. The maximum absolute atomic E-state index is 11.0. The second-order valence-corrected chi connectivity index (χ2v) is 6.19. The summed E-state index contributed by atoms with van der Waals surface area (Å²) in [5.41, 5.74) is 6.71. The van der Waals surface area contributed by atoms with Gasteiger partial charge in [-0.25, -0.2) is 0 Å². The van der Waals surface area contributed by atoms with Gasteiger partial charge in [-0.2, -0.15) is 0 Å². The van der Waals surface area contributed by atoms with Crippen LogP contribution in [-0.4, -0.2) is 11.0 Å². The lowest BCUT2D eigenvalue weighted by Crippen LogP contribution is -2.03. The maximum atomic E-state index is 11.0. The molecule has 3 nitrogen and oxygen atoms in total. The zero-order valence-corrected chi connectivity index (χ0v) is 14.2. The summed E-state index contributed by atoms with van der Waals surface area (Å²) >= 11 is 0. The minimum absolute atomic E-state index is 0.498. The van der Waals surface area contributed by atoms with Crippen LogP contribution >= 0.6 is 0 Å². The summed E-state index contributed by atoms with van der Waals surface area (Å²) in [6.07, 6.45) is 2.04. The van der Waals surface area contributed by atoms with Crippen LogP contribution in [0.1, 0.15) is 22.3 Å². The van der Waals surface area contributed by atoms with E-state index in [1.165, 1.54) is 16.7 Å². The molecule has 0 N–H and O–H groups in total. The Hall–Kier alpha value is -2.81. The molecule has 0 unspecified atom stereocenters. The van der Waals surface area contributed by atoms with Gasteiger partial charge in [-0.15, -0.1) is 0 Å². The first-order valence-corrected chi connectivity index (χ1v) is 8.01. The third-order valence-electron chi connectivity index (χ3n) is 4.19. The Morgan fingerprint density at radius 1 is 0.917 bits per heavy atom. The van der Waals surface area contributed by atoms with E-state index in [0.29, 0.717) is 18.9 Å². The van der Waals surface area contributed by atoms with Crippen molar-refractivity contribution in [3.63, 3.8) is 0 Å². The van der Waals surface area contributed by atoms with Gasteiger partial charge in [0.1, 0.15) is 0 Å². The number of carbonyl (C=O) groups is 1. The zero-order valence-electron chi connectivity index (χ0n) is 14.2. The minimum atomic E-state index is 0.498. The van der Waals surface area contributed by atoms with Crippen molar-refractivity contribution in [3.05, 3.63) is 77.0 Å². The average Bonchev–Trinajstić information content (AvgIpc) is 2.86. The fraction of sp³-hybridized carbons (Fsp3) is 0.190. The van der Waals surface area contributed by atoms with Gasteiger partial charge in [0, 0.05) is 11.8 Å². The van der Waals surface area contributed by atoms with Gasteiger partial charge in [-0.05, 0) is 37.5 Å². The van der Waals surface area contributed by atoms with Crippen molar-refractivity contribution in [2.75, 3.05) is 0 Å². The van der Waals surface area contributed by atoms with E-state index in [2.05, 4.69) is 62.4 Å². The van der Waals surface area contributed by atoms with Gasteiger partial charge in [0.25, 0.3) is 6.47 Å². The fourth-order valence-electron chi connectivity index (χ4n) is 2.92. The van der Waals surface area contributed by atoms with E-state index in [4.69, 9.17) is 4.74 Å². The first kappa shape index (κ1) is 16.1. The third kappa shape index (κ3) is 3.25. The molecule has 0 bridgehead atoms. The number of carbonyl (C=O) groups excluding carboxylic acids is 1. The van der Waals surface area contributed by atoms with E-state index >= 15 is 0 Å². The molecule has 0 saturated heterocycles. The Labute approximate surface area is 142 Å². The molecule has 3 heteroatoms. The number of benzene rings is 2. The summed E-state index contributed by atoms with van der Waals surface area (Å²) in [6, 6.07) is 16.6. The number of aromatic nitrogens is 1. The summed E-state index contributed by atoms with van der Waals surface area (Å²) < 4.78 is 7.34. The molecule has 122 valence electrons. The molecule has 0 atom stereocenters. The highest BCUT2D eigenvalue weighted by Crippen LogP contribution is 2.35. The van der Waals surface area contributed by atoms with Gasteiger partial charge < -0.3 is 9.30 Å². The molecule has 0 radical (unpaired) electrons. The summed E-state index contributed by atoms with van der Waals surface area (Å²) in [6.45, 7) is 7.33. The van der Waals surface area contributed by atoms with Crippen molar-refractivity contribution in [2.24, 2.45) is 0 Å². The molecular formula is C21H21NO2. The van der Waals surface area contributed by atoms with Gasteiger partial charge in [0.05, 0.1) is 6.54 Å². The Kier molecular flexibility index (Phi) is 4.52. The van der Waals surface area contributed by atoms with Crippen LogP contribution < -0.4 is 4.74 Å². The molecule has 1 heterocycles. The van der Waals surface area contributed by atoms with Crippen LogP contribution in [0, 0.1) is 20.8 Å². The highest BCUT2D eigenvalue weighted by Gasteiger charge is 2.17. The molecule has 24 heavy (non-hydrogen) atoms. The second kappa shape index (κ2) is 6.75. The molecule has 1 aromatic heterocycles. The van der Waals surface area contributed by atoms with Crippen LogP contribution in [0.3, 0.4) is 0 Å². The molecular weight excluding hydrogens is 298 g/mol. The van der Waals surface area contributed by atoms with Gasteiger partial charge in [-0.1, -0.05) is 59.7 Å². The van der Waals surface area contributed by atoms with Gasteiger partial charge >= 0.3 is 0 Å². The number of nitrogens with zero attached hydrogens (tertiary/aromatic N) is 1. The highest BCUT2D eigenvalue weighted by atomic mass is 16.5. The van der Waals surface area contributed by atoms with Crippen molar-refractivity contribution in [3.8, 4) is 17.0 Å². The molecule has 0 fully saturated rings. The predicted molar refractivity (Wildman–Crippen MR) is 96.3 cm³/mol. The first-order valence-electron chi connectivity index (χ1n) is 8.01. The molecule has 0 saturated carbocycles. The summed E-state index contributed by atoms with van der Waals surface area (Å²) in [7, 11) is 0. The molecule has 0 aliphatic carbocycles. The first-order chi connectivity index (χ1) is 11.6. The Morgan fingerprint density at radius 3 is 2.08 bits per heavy atom. The quantitative estimate of drug-likeness (QED) is 0.640. The van der Waals surface area contributed by atoms with E-state index in [9.17, 15) is 4.79 Å². The zero-order chi connectivity index (χ0) is 17.1. The number of aryl methyl sites for hydroxylation is 3. The third-order valence-corrected chi connectivity index (χ3v) is 4.19. The van der Waals surface area contributed by atoms with E-state index < -0.39 is 0 Å². The van der Waals surface area contributed by atoms with Crippen LogP contribution in [0.2, 0.25) is 0 Å². The predicted octanol–water partition coefficient (Wildman–Crippen LogP) is 4.66. The van der Waals surface area contributed by atoms with Crippen LogP contribution in [0.4, 0.5) is 0 Å². The molecule has 0 aliphatic rings. The monoisotopic (exact) mass is 319 g/mol. The average molecular weight is 319 g/mol. The van der Waals surface area contributed by atoms with Crippen LogP contribution in [0.25, 0.3) is 11.1 Å². The van der Waals surface area contributed by atoms with Crippen molar-refractivity contribution >= 4 is 6.47 Å². The van der Waals surface area contributed by atoms with E-state index in [1.54, 1.807) is 0 Å². The molecule has 0 amide bonds. The smallest absolute Gasteiger partial charge is 0.299 e. The number of ether oxygens (including phenoxy) is 1. The standard InChI is InChI=1S/C21H21NO2/c1-15-4-8-18(9-5-15)13-22-12-17(3)20(21(22)24-14-23)19-10-6-16(2)7-11-19/h4-12,14H,13H2,1-3H3. The highest BCUT2D eigenvalue weighted by molar-refractivity contribution is 5.74. The van der Waals surface area contributed by atoms with E-state index in [1.807, 2.05) is 17.7 Å².